The van der Waals surface area contributed by atoms with Crippen LogP contribution in [0.15, 0.2) is 24.3 Å². The molecule has 112 valence electrons. The highest BCUT2D eigenvalue weighted by molar-refractivity contribution is 5.69. The van der Waals surface area contributed by atoms with Crippen LogP contribution in [0.3, 0.4) is 0 Å². The molecule has 20 heavy (non-hydrogen) atoms. The zero-order chi connectivity index (χ0) is 14.6. The number of benzene rings is 1. The van der Waals surface area contributed by atoms with E-state index in [2.05, 4.69) is 6.92 Å². The first-order valence-electron chi connectivity index (χ1n) is 7.15. The summed E-state index contributed by atoms with van der Waals surface area (Å²) in [6, 6.07) is 7.50. The average Bonchev–Trinajstić information content (AvgIpc) is 2.43. The van der Waals surface area contributed by atoms with Crippen LogP contribution in [-0.4, -0.2) is 32.4 Å². The molecule has 0 amide bonds. The summed E-state index contributed by atoms with van der Waals surface area (Å²) >= 11 is 0. The SMILES string of the molecule is CCCOCCCOCCc1ccc(OC(C)=O)cc1. The molecule has 0 aromatic heterocycles. The second kappa shape index (κ2) is 10.4. The van der Waals surface area contributed by atoms with E-state index in [1.807, 2.05) is 12.1 Å². The normalized spacial score (nSPS) is 10.5. The van der Waals surface area contributed by atoms with Gasteiger partial charge in [0.25, 0.3) is 0 Å². The van der Waals surface area contributed by atoms with E-state index < -0.39 is 0 Å². The summed E-state index contributed by atoms with van der Waals surface area (Å²) in [7, 11) is 0. The van der Waals surface area contributed by atoms with Crippen molar-refractivity contribution in [2.24, 2.45) is 0 Å². The molecule has 0 aliphatic carbocycles. The summed E-state index contributed by atoms with van der Waals surface area (Å²) in [5, 5.41) is 0. The van der Waals surface area contributed by atoms with E-state index >= 15 is 0 Å². The zero-order valence-electron chi connectivity index (χ0n) is 12.4. The maximum Gasteiger partial charge on any atom is 0.308 e. The van der Waals surface area contributed by atoms with Gasteiger partial charge in [-0.2, -0.15) is 0 Å². The monoisotopic (exact) mass is 280 g/mol. The zero-order valence-corrected chi connectivity index (χ0v) is 12.4. The molecule has 0 aliphatic rings. The van der Waals surface area contributed by atoms with Crippen LogP contribution in [0.2, 0.25) is 0 Å². The molecule has 4 nitrogen and oxygen atoms in total. The number of hydrogen-bond acceptors (Lipinski definition) is 4. The highest BCUT2D eigenvalue weighted by atomic mass is 16.5. The van der Waals surface area contributed by atoms with E-state index in [4.69, 9.17) is 14.2 Å². The third-order valence-electron chi connectivity index (χ3n) is 2.65. The van der Waals surface area contributed by atoms with Crippen molar-refractivity contribution in [3.63, 3.8) is 0 Å². The van der Waals surface area contributed by atoms with Crippen LogP contribution in [0.4, 0.5) is 0 Å². The van der Waals surface area contributed by atoms with Crippen molar-refractivity contribution < 1.29 is 19.0 Å². The molecule has 0 heterocycles. The van der Waals surface area contributed by atoms with Crippen LogP contribution in [0.25, 0.3) is 0 Å². The first-order chi connectivity index (χ1) is 9.72. The first-order valence-corrected chi connectivity index (χ1v) is 7.15. The predicted octanol–water partition coefficient (Wildman–Crippen LogP) is 2.99. The Bertz CT molecular complexity index is 373. The highest BCUT2D eigenvalue weighted by Crippen LogP contribution is 2.12. The molecule has 0 fully saturated rings. The molecule has 0 aliphatic heterocycles. The van der Waals surface area contributed by atoms with Crippen molar-refractivity contribution in [3.05, 3.63) is 29.8 Å². The molecule has 0 bridgehead atoms. The van der Waals surface area contributed by atoms with Crippen LogP contribution in [0.5, 0.6) is 5.75 Å². The lowest BCUT2D eigenvalue weighted by atomic mass is 10.1. The van der Waals surface area contributed by atoms with Crippen molar-refractivity contribution >= 4 is 5.97 Å². The fourth-order valence-electron chi connectivity index (χ4n) is 1.69. The average molecular weight is 280 g/mol. The summed E-state index contributed by atoms with van der Waals surface area (Å²) in [6.45, 7) is 6.52. The van der Waals surface area contributed by atoms with Crippen molar-refractivity contribution in [2.75, 3.05) is 26.4 Å². The Morgan fingerprint density at radius 2 is 1.65 bits per heavy atom. The van der Waals surface area contributed by atoms with Gasteiger partial charge in [-0.1, -0.05) is 19.1 Å². The van der Waals surface area contributed by atoms with Crippen LogP contribution in [0.1, 0.15) is 32.3 Å². The fraction of sp³-hybridized carbons (Fsp3) is 0.562. The van der Waals surface area contributed by atoms with Gasteiger partial charge in [0.2, 0.25) is 0 Å². The molecule has 1 aromatic carbocycles. The minimum atomic E-state index is -0.300. The van der Waals surface area contributed by atoms with E-state index in [0.29, 0.717) is 12.4 Å². The van der Waals surface area contributed by atoms with Crippen molar-refractivity contribution in [1.29, 1.82) is 0 Å². The van der Waals surface area contributed by atoms with Crippen molar-refractivity contribution in [1.82, 2.24) is 0 Å². The number of rotatable bonds is 10. The van der Waals surface area contributed by atoms with Gasteiger partial charge in [0, 0.05) is 26.7 Å². The molecule has 1 aromatic rings. The Balaban J connectivity index is 2.08. The van der Waals surface area contributed by atoms with E-state index in [1.54, 1.807) is 12.1 Å². The van der Waals surface area contributed by atoms with Gasteiger partial charge in [-0.15, -0.1) is 0 Å². The molecular weight excluding hydrogens is 256 g/mol. The van der Waals surface area contributed by atoms with Gasteiger partial charge >= 0.3 is 5.97 Å². The summed E-state index contributed by atoms with van der Waals surface area (Å²) in [4.78, 5) is 10.8. The van der Waals surface area contributed by atoms with Gasteiger partial charge in [0.1, 0.15) is 5.75 Å². The first kappa shape index (κ1) is 16.7. The van der Waals surface area contributed by atoms with Crippen LogP contribution in [-0.2, 0) is 20.7 Å². The number of esters is 1. The number of ether oxygens (including phenoxy) is 3. The molecule has 4 heteroatoms. The van der Waals surface area contributed by atoms with E-state index in [-0.39, 0.29) is 5.97 Å². The van der Waals surface area contributed by atoms with E-state index in [9.17, 15) is 4.79 Å². The molecule has 0 saturated carbocycles. The van der Waals surface area contributed by atoms with Gasteiger partial charge in [0.15, 0.2) is 0 Å². The number of hydrogen-bond donors (Lipinski definition) is 0. The van der Waals surface area contributed by atoms with Gasteiger partial charge < -0.3 is 14.2 Å². The van der Waals surface area contributed by atoms with Gasteiger partial charge in [-0.05, 0) is 37.0 Å². The second-order valence-corrected chi connectivity index (χ2v) is 4.57. The summed E-state index contributed by atoms with van der Waals surface area (Å²) in [6.07, 6.45) is 2.85. The summed E-state index contributed by atoms with van der Waals surface area (Å²) in [5.41, 5.74) is 1.17. The van der Waals surface area contributed by atoms with Crippen LogP contribution in [0, 0.1) is 0 Å². The van der Waals surface area contributed by atoms with Crippen molar-refractivity contribution in [3.8, 4) is 5.75 Å². The van der Waals surface area contributed by atoms with Gasteiger partial charge in [-0.3, -0.25) is 4.79 Å². The molecule has 0 N–H and O–H groups in total. The molecule has 0 unspecified atom stereocenters. The Kier molecular flexibility index (Phi) is 8.67. The third-order valence-corrected chi connectivity index (χ3v) is 2.65. The minimum Gasteiger partial charge on any atom is -0.427 e. The molecule has 0 radical (unpaired) electrons. The molecule has 0 atom stereocenters. The molecule has 1 rings (SSSR count). The topological polar surface area (TPSA) is 44.8 Å². The lowest BCUT2D eigenvalue weighted by Gasteiger charge is -2.06. The Labute approximate surface area is 121 Å². The molecular formula is C16H24O4. The summed E-state index contributed by atoms with van der Waals surface area (Å²) in [5.74, 6) is 0.279. The lowest BCUT2D eigenvalue weighted by Crippen LogP contribution is -2.04. The standard InChI is InChI=1S/C16H24O4/c1-3-10-18-11-4-12-19-13-9-15-5-7-16(8-6-15)20-14(2)17/h5-8H,3-4,9-13H2,1-2H3. The molecule has 0 spiro atoms. The second-order valence-electron chi connectivity index (χ2n) is 4.57. The highest BCUT2D eigenvalue weighted by Gasteiger charge is 1.99. The van der Waals surface area contributed by atoms with Crippen LogP contribution < -0.4 is 4.74 Å². The Morgan fingerprint density at radius 3 is 2.25 bits per heavy atom. The predicted molar refractivity (Wildman–Crippen MR) is 78.0 cm³/mol. The van der Waals surface area contributed by atoms with Crippen molar-refractivity contribution in [2.45, 2.75) is 33.1 Å². The summed E-state index contributed by atoms with van der Waals surface area (Å²) < 4.78 is 15.9. The third kappa shape index (κ3) is 7.92. The minimum absolute atomic E-state index is 0.300. The largest absolute Gasteiger partial charge is 0.427 e. The Morgan fingerprint density at radius 1 is 1.00 bits per heavy atom. The number of carbonyl (C=O) groups excluding carboxylic acids is 1. The lowest BCUT2D eigenvalue weighted by molar-refractivity contribution is -0.131. The quantitative estimate of drug-likeness (QED) is 0.375. The van der Waals surface area contributed by atoms with Gasteiger partial charge in [-0.25, -0.2) is 0 Å². The molecule has 0 saturated heterocycles. The van der Waals surface area contributed by atoms with E-state index in [0.717, 1.165) is 39.1 Å². The maximum absolute atomic E-state index is 10.8. The fourth-order valence-corrected chi connectivity index (χ4v) is 1.69. The van der Waals surface area contributed by atoms with Gasteiger partial charge in [0.05, 0.1) is 6.61 Å². The van der Waals surface area contributed by atoms with E-state index in [1.165, 1.54) is 12.5 Å². The maximum atomic E-state index is 10.8. The Hall–Kier alpha value is -1.39. The number of carbonyl (C=O) groups is 1. The smallest absolute Gasteiger partial charge is 0.308 e. The van der Waals surface area contributed by atoms with Crippen LogP contribution >= 0.6 is 0 Å².